The molecule has 1 aliphatic rings. The van der Waals surface area contributed by atoms with Crippen molar-refractivity contribution in [2.45, 2.75) is 46.1 Å². The van der Waals surface area contributed by atoms with Crippen molar-refractivity contribution in [1.82, 2.24) is 15.5 Å². The van der Waals surface area contributed by atoms with Crippen LogP contribution in [0.4, 0.5) is 0 Å². The summed E-state index contributed by atoms with van der Waals surface area (Å²) in [6, 6.07) is 6.32. The number of carbonyl (C=O) groups excluding carboxylic acids is 2. The quantitative estimate of drug-likeness (QED) is 0.637. The number of ether oxygens (including phenoxy) is 1. The van der Waals surface area contributed by atoms with Gasteiger partial charge in [0.25, 0.3) is 5.91 Å². The summed E-state index contributed by atoms with van der Waals surface area (Å²) in [5, 5.41) is 5.85. The van der Waals surface area contributed by atoms with E-state index < -0.39 is 6.04 Å². The number of hydrogen-bond donors (Lipinski definition) is 2. The molecule has 1 aromatic rings. The van der Waals surface area contributed by atoms with Gasteiger partial charge in [-0.25, -0.2) is 0 Å². The van der Waals surface area contributed by atoms with Crippen LogP contribution in [0.2, 0.25) is 0 Å². The van der Waals surface area contributed by atoms with E-state index in [9.17, 15) is 9.59 Å². The highest BCUT2D eigenvalue weighted by Gasteiger charge is 2.24. The molecule has 2 N–H and O–H groups in total. The Bertz CT molecular complexity index is 622. The molecule has 0 spiro atoms. The lowest BCUT2D eigenvalue weighted by Crippen LogP contribution is -2.50. The fraction of sp³-hybridized carbons (Fsp3) is 0.636. The number of amides is 2. The minimum Gasteiger partial charge on any atom is -0.497 e. The predicted octanol–water partition coefficient (Wildman–Crippen LogP) is 2.69. The maximum atomic E-state index is 12.6. The minimum absolute atomic E-state index is 0.00535. The van der Waals surface area contributed by atoms with Crippen LogP contribution in [0.3, 0.4) is 0 Å². The molecule has 1 aromatic carbocycles. The number of methoxy groups -OCH3 is 1. The van der Waals surface area contributed by atoms with Gasteiger partial charge in [-0.15, -0.1) is 0 Å². The number of rotatable bonds is 9. The molecule has 2 rings (SSSR count). The van der Waals surface area contributed by atoms with Crippen molar-refractivity contribution in [2.24, 2.45) is 11.8 Å². The van der Waals surface area contributed by atoms with E-state index in [-0.39, 0.29) is 17.7 Å². The molecule has 0 saturated carbocycles. The van der Waals surface area contributed by atoms with Crippen LogP contribution in [-0.4, -0.2) is 56.0 Å². The molecule has 1 heterocycles. The Balaban J connectivity index is 1.78. The van der Waals surface area contributed by atoms with Crippen molar-refractivity contribution in [3.8, 4) is 5.75 Å². The Hall–Kier alpha value is -2.08. The predicted molar refractivity (Wildman–Crippen MR) is 112 cm³/mol. The first-order valence-corrected chi connectivity index (χ1v) is 10.4. The average molecular weight is 390 g/mol. The summed E-state index contributed by atoms with van der Waals surface area (Å²) in [5.41, 5.74) is 0.513. The van der Waals surface area contributed by atoms with Crippen LogP contribution in [0.25, 0.3) is 0 Å². The van der Waals surface area contributed by atoms with E-state index in [0.29, 0.717) is 17.9 Å². The second kappa shape index (κ2) is 11.1. The van der Waals surface area contributed by atoms with Gasteiger partial charge >= 0.3 is 0 Å². The molecular weight excluding hydrogens is 354 g/mol. The lowest BCUT2D eigenvalue weighted by atomic mass is 9.99. The molecule has 0 aliphatic carbocycles. The van der Waals surface area contributed by atoms with E-state index in [0.717, 1.165) is 32.0 Å². The third-order valence-corrected chi connectivity index (χ3v) is 5.41. The monoisotopic (exact) mass is 389 g/mol. The number of piperidine rings is 1. The zero-order valence-electron chi connectivity index (χ0n) is 17.7. The van der Waals surface area contributed by atoms with Crippen molar-refractivity contribution in [3.05, 3.63) is 29.8 Å². The van der Waals surface area contributed by atoms with Crippen LogP contribution in [0, 0.1) is 11.8 Å². The fourth-order valence-corrected chi connectivity index (χ4v) is 3.41. The van der Waals surface area contributed by atoms with Crippen molar-refractivity contribution in [2.75, 3.05) is 33.3 Å². The SMILES string of the molecule is COc1ccc(C(=O)NC(C(=O)NCCCN2CCC(C)CC2)C(C)C)cc1. The van der Waals surface area contributed by atoms with E-state index in [1.807, 2.05) is 13.8 Å². The van der Waals surface area contributed by atoms with Crippen LogP contribution in [0.5, 0.6) is 5.75 Å². The minimum atomic E-state index is -0.551. The van der Waals surface area contributed by atoms with Gasteiger partial charge in [0.05, 0.1) is 7.11 Å². The number of hydrogen-bond acceptors (Lipinski definition) is 4. The van der Waals surface area contributed by atoms with Gasteiger partial charge in [0.2, 0.25) is 5.91 Å². The van der Waals surface area contributed by atoms with E-state index in [4.69, 9.17) is 4.74 Å². The molecule has 0 aromatic heterocycles. The molecule has 6 nitrogen and oxygen atoms in total. The number of likely N-dealkylation sites (tertiary alicyclic amines) is 1. The summed E-state index contributed by atoms with van der Waals surface area (Å²) < 4.78 is 5.11. The van der Waals surface area contributed by atoms with Gasteiger partial charge in [0, 0.05) is 12.1 Å². The second-order valence-corrected chi connectivity index (χ2v) is 8.09. The fourth-order valence-electron chi connectivity index (χ4n) is 3.41. The number of benzene rings is 1. The standard InChI is InChI=1S/C22H35N3O3/c1-16(2)20(24-21(26)18-6-8-19(28-4)9-7-18)22(27)23-12-5-13-25-14-10-17(3)11-15-25/h6-9,16-17,20H,5,10-15H2,1-4H3,(H,23,27)(H,24,26). The van der Waals surface area contributed by atoms with Crippen molar-refractivity contribution < 1.29 is 14.3 Å². The number of carbonyl (C=O) groups is 2. The largest absolute Gasteiger partial charge is 0.497 e. The van der Waals surface area contributed by atoms with Crippen LogP contribution in [0.15, 0.2) is 24.3 Å². The normalized spacial score (nSPS) is 16.6. The van der Waals surface area contributed by atoms with Crippen LogP contribution in [-0.2, 0) is 4.79 Å². The topological polar surface area (TPSA) is 70.7 Å². The molecular formula is C22H35N3O3. The van der Waals surface area contributed by atoms with Crippen molar-refractivity contribution in [3.63, 3.8) is 0 Å². The first-order chi connectivity index (χ1) is 13.4. The van der Waals surface area contributed by atoms with Crippen LogP contribution < -0.4 is 15.4 Å². The first-order valence-electron chi connectivity index (χ1n) is 10.4. The first kappa shape index (κ1) is 22.2. The van der Waals surface area contributed by atoms with E-state index in [2.05, 4.69) is 22.5 Å². The molecule has 1 unspecified atom stereocenters. The van der Waals surface area contributed by atoms with Gasteiger partial charge in [-0.2, -0.15) is 0 Å². The van der Waals surface area contributed by atoms with E-state index >= 15 is 0 Å². The van der Waals surface area contributed by atoms with E-state index in [1.165, 1.54) is 12.8 Å². The van der Waals surface area contributed by atoms with E-state index in [1.54, 1.807) is 31.4 Å². The molecule has 1 fully saturated rings. The summed E-state index contributed by atoms with van der Waals surface area (Å²) in [6.07, 6.45) is 3.45. The summed E-state index contributed by atoms with van der Waals surface area (Å²) >= 11 is 0. The Morgan fingerprint density at radius 2 is 1.82 bits per heavy atom. The molecule has 0 bridgehead atoms. The third-order valence-electron chi connectivity index (χ3n) is 5.41. The van der Waals surface area contributed by atoms with Gasteiger partial charge in [-0.3, -0.25) is 9.59 Å². The second-order valence-electron chi connectivity index (χ2n) is 8.09. The number of nitrogens with one attached hydrogen (secondary N) is 2. The summed E-state index contributed by atoms with van der Waals surface area (Å²) in [7, 11) is 1.58. The Morgan fingerprint density at radius 1 is 1.18 bits per heavy atom. The lowest BCUT2D eigenvalue weighted by Gasteiger charge is -2.30. The summed E-state index contributed by atoms with van der Waals surface area (Å²) in [4.78, 5) is 27.5. The van der Waals surface area contributed by atoms with Gasteiger partial charge in [0.1, 0.15) is 11.8 Å². The average Bonchev–Trinajstić information content (AvgIpc) is 2.70. The Morgan fingerprint density at radius 3 is 2.39 bits per heavy atom. The molecule has 6 heteroatoms. The molecule has 1 saturated heterocycles. The maximum Gasteiger partial charge on any atom is 0.251 e. The smallest absolute Gasteiger partial charge is 0.251 e. The highest BCUT2D eigenvalue weighted by Crippen LogP contribution is 2.16. The highest BCUT2D eigenvalue weighted by molar-refractivity contribution is 5.97. The third kappa shape index (κ3) is 6.82. The van der Waals surface area contributed by atoms with Crippen molar-refractivity contribution >= 4 is 11.8 Å². The van der Waals surface area contributed by atoms with Gasteiger partial charge in [0.15, 0.2) is 0 Å². The van der Waals surface area contributed by atoms with Crippen LogP contribution in [0.1, 0.15) is 50.4 Å². The maximum absolute atomic E-state index is 12.6. The summed E-state index contributed by atoms with van der Waals surface area (Å²) in [5.74, 6) is 1.16. The van der Waals surface area contributed by atoms with Gasteiger partial charge in [-0.05, 0) is 75.0 Å². The highest BCUT2D eigenvalue weighted by atomic mass is 16.5. The van der Waals surface area contributed by atoms with Crippen molar-refractivity contribution in [1.29, 1.82) is 0 Å². The molecule has 1 atom stereocenters. The van der Waals surface area contributed by atoms with Crippen LogP contribution >= 0.6 is 0 Å². The summed E-state index contributed by atoms with van der Waals surface area (Å²) in [6.45, 7) is 10.1. The zero-order chi connectivity index (χ0) is 20.5. The zero-order valence-corrected chi connectivity index (χ0v) is 17.7. The Kier molecular flexibility index (Phi) is 8.77. The lowest BCUT2D eigenvalue weighted by molar-refractivity contribution is -0.123. The molecule has 1 aliphatic heterocycles. The van der Waals surface area contributed by atoms with Gasteiger partial charge in [-0.1, -0.05) is 20.8 Å². The molecule has 0 radical (unpaired) electrons. The molecule has 2 amide bonds. The molecule has 28 heavy (non-hydrogen) atoms. The van der Waals surface area contributed by atoms with Gasteiger partial charge < -0.3 is 20.3 Å². The Labute approximate surface area is 169 Å². The molecule has 156 valence electrons. The number of nitrogens with zero attached hydrogens (tertiary/aromatic N) is 1.